The Hall–Kier alpha value is -1.78. The van der Waals surface area contributed by atoms with Crippen LogP contribution in [0.15, 0.2) is 30.3 Å². The zero-order chi connectivity index (χ0) is 14.8. The number of nitrogens with one attached hydrogen (secondary N) is 1. The molecule has 1 aliphatic carbocycles. The fourth-order valence-electron chi connectivity index (χ4n) is 3.25. The van der Waals surface area contributed by atoms with Gasteiger partial charge in [0.05, 0.1) is 11.4 Å². The maximum atomic E-state index is 5.83. The lowest BCUT2D eigenvalue weighted by Crippen LogP contribution is -2.32. The van der Waals surface area contributed by atoms with Gasteiger partial charge in [-0.05, 0) is 54.9 Å². The van der Waals surface area contributed by atoms with Gasteiger partial charge in [0.15, 0.2) is 0 Å². The highest BCUT2D eigenvalue weighted by atomic mass is 15.2. The Morgan fingerprint density at radius 3 is 2.86 bits per heavy atom. The lowest BCUT2D eigenvalue weighted by molar-refractivity contribution is 0.431. The molecule has 0 saturated carbocycles. The first kappa shape index (κ1) is 14.2. The molecule has 0 fully saturated rings. The molecule has 4 heteroatoms. The molecule has 0 saturated heterocycles. The molecule has 1 aromatic heterocycles. The van der Waals surface area contributed by atoms with E-state index in [0.717, 1.165) is 30.7 Å². The molecule has 2 aromatic rings. The first-order valence-electron chi connectivity index (χ1n) is 7.60. The number of aryl methyl sites for hydroxylation is 2. The van der Waals surface area contributed by atoms with Crippen LogP contribution >= 0.6 is 0 Å². The van der Waals surface area contributed by atoms with Crippen molar-refractivity contribution in [2.75, 3.05) is 0 Å². The lowest BCUT2D eigenvalue weighted by atomic mass is 9.73. The Kier molecular flexibility index (Phi) is 3.99. The summed E-state index contributed by atoms with van der Waals surface area (Å²) in [5, 5.41) is 8.47. The molecule has 1 aromatic carbocycles. The second-order valence-electron chi connectivity index (χ2n) is 5.80. The first-order chi connectivity index (χ1) is 10.2. The minimum Gasteiger partial charge on any atom is -0.271 e. The van der Waals surface area contributed by atoms with Crippen molar-refractivity contribution in [3.63, 3.8) is 0 Å². The third kappa shape index (κ3) is 2.69. The van der Waals surface area contributed by atoms with E-state index in [1.807, 2.05) is 6.92 Å². The standard InChI is InChI=1S/C17H22N4/c1-3-16-15(8-11(2)20-21-16)17(19-18)10-13-9-12-6-4-5-7-14(12)13/h4-8,13,17,19H,3,9-10,18H2,1-2H3. The molecular weight excluding hydrogens is 260 g/mol. The minimum atomic E-state index is 0.132. The number of benzene rings is 1. The summed E-state index contributed by atoms with van der Waals surface area (Å²) in [6.07, 6.45) is 3.03. The van der Waals surface area contributed by atoms with Gasteiger partial charge in [-0.3, -0.25) is 11.3 Å². The van der Waals surface area contributed by atoms with Crippen LogP contribution in [0.1, 0.15) is 53.4 Å². The highest BCUT2D eigenvalue weighted by Gasteiger charge is 2.29. The Morgan fingerprint density at radius 2 is 2.14 bits per heavy atom. The van der Waals surface area contributed by atoms with Gasteiger partial charge in [-0.1, -0.05) is 31.2 Å². The molecule has 3 rings (SSSR count). The van der Waals surface area contributed by atoms with E-state index < -0.39 is 0 Å². The monoisotopic (exact) mass is 282 g/mol. The molecule has 0 aliphatic heterocycles. The topological polar surface area (TPSA) is 63.8 Å². The van der Waals surface area contributed by atoms with Crippen LogP contribution in [0.3, 0.4) is 0 Å². The Balaban J connectivity index is 1.82. The number of nitrogens with zero attached hydrogens (tertiary/aromatic N) is 2. The summed E-state index contributed by atoms with van der Waals surface area (Å²) in [5.41, 5.74) is 9.09. The summed E-state index contributed by atoms with van der Waals surface area (Å²) in [6.45, 7) is 4.08. The summed E-state index contributed by atoms with van der Waals surface area (Å²) in [6, 6.07) is 10.9. The minimum absolute atomic E-state index is 0.132. The van der Waals surface area contributed by atoms with Crippen LogP contribution in [0, 0.1) is 6.92 Å². The third-order valence-electron chi connectivity index (χ3n) is 4.42. The van der Waals surface area contributed by atoms with Crippen molar-refractivity contribution in [2.45, 2.75) is 45.1 Å². The molecule has 110 valence electrons. The average molecular weight is 282 g/mol. The van der Waals surface area contributed by atoms with Gasteiger partial charge in [0.1, 0.15) is 0 Å². The molecule has 2 unspecified atom stereocenters. The summed E-state index contributed by atoms with van der Waals surface area (Å²) < 4.78 is 0. The van der Waals surface area contributed by atoms with Gasteiger partial charge in [0.25, 0.3) is 0 Å². The van der Waals surface area contributed by atoms with Crippen LogP contribution in [-0.2, 0) is 12.8 Å². The molecule has 0 spiro atoms. The van der Waals surface area contributed by atoms with Gasteiger partial charge in [-0.2, -0.15) is 10.2 Å². The van der Waals surface area contributed by atoms with Crippen LogP contribution in [0.25, 0.3) is 0 Å². The quantitative estimate of drug-likeness (QED) is 0.653. The molecular formula is C17H22N4. The van der Waals surface area contributed by atoms with Crippen molar-refractivity contribution < 1.29 is 0 Å². The predicted molar refractivity (Wildman–Crippen MR) is 83.7 cm³/mol. The van der Waals surface area contributed by atoms with Crippen molar-refractivity contribution in [1.29, 1.82) is 0 Å². The maximum absolute atomic E-state index is 5.83. The highest BCUT2D eigenvalue weighted by molar-refractivity contribution is 5.40. The van der Waals surface area contributed by atoms with Crippen LogP contribution < -0.4 is 11.3 Å². The third-order valence-corrected chi connectivity index (χ3v) is 4.42. The summed E-state index contributed by atoms with van der Waals surface area (Å²) in [7, 11) is 0. The second-order valence-corrected chi connectivity index (χ2v) is 5.80. The van der Waals surface area contributed by atoms with Crippen LogP contribution in [0.4, 0.5) is 0 Å². The van der Waals surface area contributed by atoms with Crippen molar-refractivity contribution >= 4 is 0 Å². The van der Waals surface area contributed by atoms with Gasteiger partial charge in [-0.15, -0.1) is 0 Å². The van der Waals surface area contributed by atoms with Gasteiger partial charge in [0, 0.05) is 6.04 Å². The highest BCUT2D eigenvalue weighted by Crippen LogP contribution is 2.40. The molecule has 0 bridgehead atoms. The zero-order valence-electron chi connectivity index (χ0n) is 12.6. The van der Waals surface area contributed by atoms with E-state index in [1.54, 1.807) is 0 Å². The van der Waals surface area contributed by atoms with E-state index >= 15 is 0 Å². The molecule has 4 nitrogen and oxygen atoms in total. The van der Waals surface area contributed by atoms with E-state index in [4.69, 9.17) is 5.84 Å². The zero-order valence-corrected chi connectivity index (χ0v) is 12.6. The molecule has 0 radical (unpaired) electrons. The molecule has 0 amide bonds. The second kappa shape index (κ2) is 5.92. The SMILES string of the molecule is CCc1nnc(C)cc1C(CC1Cc2ccccc21)NN. The summed E-state index contributed by atoms with van der Waals surface area (Å²) >= 11 is 0. The smallest absolute Gasteiger partial charge is 0.0676 e. The Bertz CT molecular complexity index is 638. The number of nitrogens with two attached hydrogens (primary N) is 1. The first-order valence-corrected chi connectivity index (χ1v) is 7.60. The average Bonchev–Trinajstić information content (AvgIpc) is 2.48. The van der Waals surface area contributed by atoms with Gasteiger partial charge in [0.2, 0.25) is 0 Å². The summed E-state index contributed by atoms with van der Waals surface area (Å²) in [4.78, 5) is 0. The molecule has 3 N–H and O–H groups in total. The number of rotatable bonds is 5. The lowest BCUT2D eigenvalue weighted by Gasteiger charge is -2.33. The van der Waals surface area contributed by atoms with Crippen molar-refractivity contribution in [3.05, 3.63) is 58.4 Å². The number of fused-ring (bicyclic) bond motifs is 1. The largest absolute Gasteiger partial charge is 0.271 e. The molecule has 2 atom stereocenters. The Labute approximate surface area is 125 Å². The van der Waals surface area contributed by atoms with Crippen LogP contribution in [0.2, 0.25) is 0 Å². The van der Waals surface area contributed by atoms with E-state index in [1.165, 1.54) is 16.7 Å². The van der Waals surface area contributed by atoms with Crippen molar-refractivity contribution in [2.24, 2.45) is 5.84 Å². The van der Waals surface area contributed by atoms with Crippen molar-refractivity contribution in [3.8, 4) is 0 Å². The van der Waals surface area contributed by atoms with Crippen LogP contribution in [-0.4, -0.2) is 10.2 Å². The van der Waals surface area contributed by atoms with E-state index in [0.29, 0.717) is 5.92 Å². The fourth-order valence-corrected chi connectivity index (χ4v) is 3.25. The number of hydrogen-bond acceptors (Lipinski definition) is 4. The van der Waals surface area contributed by atoms with Crippen LogP contribution in [0.5, 0.6) is 0 Å². The van der Waals surface area contributed by atoms with E-state index in [2.05, 4.69) is 52.9 Å². The molecule has 1 aliphatic rings. The van der Waals surface area contributed by atoms with Gasteiger partial charge >= 0.3 is 0 Å². The van der Waals surface area contributed by atoms with Gasteiger partial charge in [-0.25, -0.2) is 0 Å². The van der Waals surface area contributed by atoms with E-state index in [-0.39, 0.29) is 6.04 Å². The summed E-state index contributed by atoms with van der Waals surface area (Å²) in [5.74, 6) is 6.41. The normalized spacial score (nSPS) is 18.0. The Morgan fingerprint density at radius 1 is 1.33 bits per heavy atom. The number of hydrogen-bond donors (Lipinski definition) is 2. The van der Waals surface area contributed by atoms with Crippen molar-refractivity contribution in [1.82, 2.24) is 15.6 Å². The van der Waals surface area contributed by atoms with E-state index in [9.17, 15) is 0 Å². The number of aromatic nitrogens is 2. The van der Waals surface area contributed by atoms with Gasteiger partial charge < -0.3 is 0 Å². The molecule has 1 heterocycles. The predicted octanol–water partition coefficient (Wildman–Crippen LogP) is 2.58. The molecule has 21 heavy (non-hydrogen) atoms. The number of hydrazine groups is 1. The fraction of sp³-hybridized carbons (Fsp3) is 0.412. The maximum Gasteiger partial charge on any atom is 0.0676 e.